The van der Waals surface area contributed by atoms with E-state index in [9.17, 15) is 28.9 Å². The third-order valence-corrected chi connectivity index (χ3v) is 12.7. The summed E-state index contributed by atoms with van der Waals surface area (Å²) in [6, 6.07) is 0. The number of ether oxygens (including phenoxy) is 3. The van der Waals surface area contributed by atoms with Crippen molar-refractivity contribution < 1.29 is 52.2 Å². The molecule has 72 heavy (non-hydrogen) atoms. The highest BCUT2D eigenvalue weighted by Gasteiger charge is 2.28. The molecule has 414 valence electrons. The van der Waals surface area contributed by atoms with E-state index < -0.39 is 57.8 Å². The Morgan fingerprint density at radius 1 is 0.403 bits per heavy atom. The van der Waals surface area contributed by atoms with Gasteiger partial charge in [-0.2, -0.15) is 0 Å². The minimum Gasteiger partial charge on any atom is -0.462 e. The van der Waals surface area contributed by atoms with E-state index in [2.05, 4.69) is 106 Å². The van der Waals surface area contributed by atoms with Crippen LogP contribution in [0.3, 0.4) is 0 Å². The van der Waals surface area contributed by atoms with Crippen LogP contribution in [0.1, 0.15) is 239 Å². The first-order valence-corrected chi connectivity index (χ1v) is 30.0. The van der Waals surface area contributed by atoms with Gasteiger partial charge in [-0.05, 0) is 109 Å². The SMILES string of the molecule is CC/C=C\C/C=C\C/C=C\C/C=C\C/C=C\CCCCCC(=O)OCC(COP(=O)(O)OCC(CO)OC(=O)CCCCCCC/C=C\CCCC)OC(=O)CCCCCCC/C=C\CCCCCCCC. The number of aliphatic hydroxyl groups excluding tert-OH is 1. The summed E-state index contributed by atoms with van der Waals surface area (Å²) in [5.41, 5.74) is 0. The van der Waals surface area contributed by atoms with Gasteiger partial charge in [0.2, 0.25) is 0 Å². The largest absolute Gasteiger partial charge is 0.472 e. The maximum absolute atomic E-state index is 12.9. The van der Waals surface area contributed by atoms with Crippen molar-refractivity contribution >= 4 is 25.7 Å². The first kappa shape index (κ1) is 68.7. The monoisotopic (exact) mass is 1030 g/mol. The highest BCUT2D eigenvalue weighted by atomic mass is 31.2. The molecule has 0 rings (SSSR count). The van der Waals surface area contributed by atoms with Crippen LogP contribution in [0.5, 0.6) is 0 Å². The molecule has 0 saturated carbocycles. The van der Waals surface area contributed by atoms with Crippen LogP contribution in [-0.2, 0) is 42.2 Å². The van der Waals surface area contributed by atoms with Gasteiger partial charge in [0, 0.05) is 19.3 Å². The summed E-state index contributed by atoms with van der Waals surface area (Å²) >= 11 is 0. The van der Waals surface area contributed by atoms with Gasteiger partial charge in [0.25, 0.3) is 0 Å². The molecule has 0 aromatic rings. The van der Waals surface area contributed by atoms with Gasteiger partial charge >= 0.3 is 25.7 Å². The molecule has 0 spiro atoms. The number of hydrogen-bond donors (Lipinski definition) is 2. The van der Waals surface area contributed by atoms with Crippen molar-refractivity contribution in [3.63, 3.8) is 0 Å². The minimum atomic E-state index is -4.76. The number of phosphoric ester groups is 1. The summed E-state index contributed by atoms with van der Waals surface area (Å²) in [4.78, 5) is 48.5. The first-order chi connectivity index (χ1) is 35.2. The Kier molecular flexibility index (Phi) is 51.4. The second kappa shape index (κ2) is 53.9. The number of rotatable bonds is 52. The fourth-order valence-corrected chi connectivity index (χ4v) is 8.20. The maximum Gasteiger partial charge on any atom is 0.472 e. The second-order valence-corrected chi connectivity index (χ2v) is 20.2. The molecule has 11 nitrogen and oxygen atoms in total. The molecule has 0 heterocycles. The van der Waals surface area contributed by atoms with Gasteiger partial charge in [-0.15, -0.1) is 0 Å². The topological polar surface area (TPSA) is 155 Å². The van der Waals surface area contributed by atoms with Crippen molar-refractivity contribution in [3.8, 4) is 0 Å². The molecule has 2 N–H and O–H groups in total. The average molecular weight is 1030 g/mol. The van der Waals surface area contributed by atoms with E-state index >= 15 is 0 Å². The zero-order chi connectivity index (χ0) is 52.7. The van der Waals surface area contributed by atoms with Gasteiger partial charge in [0.05, 0.1) is 19.8 Å². The lowest BCUT2D eigenvalue weighted by molar-refractivity contribution is -0.161. The van der Waals surface area contributed by atoms with Gasteiger partial charge in [-0.3, -0.25) is 23.4 Å². The zero-order valence-corrected chi connectivity index (χ0v) is 46.5. The lowest BCUT2D eigenvalue weighted by Crippen LogP contribution is -2.30. The van der Waals surface area contributed by atoms with Gasteiger partial charge in [-0.25, -0.2) is 4.57 Å². The zero-order valence-electron chi connectivity index (χ0n) is 45.6. The number of unbranched alkanes of at least 4 members (excludes halogenated alkanes) is 21. The molecule has 0 aliphatic carbocycles. The summed E-state index contributed by atoms with van der Waals surface area (Å²) in [7, 11) is -4.76. The first-order valence-electron chi connectivity index (χ1n) is 28.5. The number of aliphatic hydroxyl groups is 1. The fraction of sp³-hybridized carbons (Fsp3) is 0.717. The quantitative estimate of drug-likeness (QED) is 0.0197. The lowest BCUT2D eigenvalue weighted by Gasteiger charge is -2.21. The summed E-state index contributed by atoms with van der Waals surface area (Å²) in [6.07, 6.45) is 61.2. The van der Waals surface area contributed by atoms with Crippen molar-refractivity contribution in [2.45, 2.75) is 251 Å². The normalized spacial score (nSPS) is 14.0. The highest BCUT2D eigenvalue weighted by molar-refractivity contribution is 7.47. The third-order valence-electron chi connectivity index (χ3n) is 11.8. The number of carbonyl (C=O) groups is 3. The molecule has 3 atom stereocenters. The fourth-order valence-electron chi connectivity index (χ4n) is 7.42. The molecule has 0 aromatic heterocycles. The molecule has 0 bridgehead atoms. The summed E-state index contributed by atoms with van der Waals surface area (Å²) in [5.74, 6) is -1.52. The molecule has 0 amide bonds. The van der Waals surface area contributed by atoms with Crippen molar-refractivity contribution in [2.75, 3.05) is 26.4 Å². The molecular weight excluding hydrogens is 928 g/mol. The predicted octanol–water partition coefficient (Wildman–Crippen LogP) is 16.7. The number of hydrogen-bond acceptors (Lipinski definition) is 10. The van der Waals surface area contributed by atoms with Crippen LogP contribution in [0.15, 0.2) is 85.1 Å². The predicted molar refractivity (Wildman–Crippen MR) is 298 cm³/mol. The number of carbonyl (C=O) groups excluding carboxylic acids is 3. The van der Waals surface area contributed by atoms with E-state index in [4.69, 9.17) is 23.3 Å². The van der Waals surface area contributed by atoms with E-state index in [0.29, 0.717) is 19.3 Å². The Morgan fingerprint density at radius 2 is 0.736 bits per heavy atom. The van der Waals surface area contributed by atoms with E-state index in [0.717, 1.165) is 128 Å². The molecule has 0 saturated heterocycles. The van der Waals surface area contributed by atoms with E-state index in [1.54, 1.807) is 0 Å². The number of phosphoric acid groups is 1. The second-order valence-electron chi connectivity index (χ2n) is 18.7. The Morgan fingerprint density at radius 3 is 1.18 bits per heavy atom. The molecule has 0 aromatic carbocycles. The van der Waals surface area contributed by atoms with Gasteiger partial charge < -0.3 is 24.2 Å². The third kappa shape index (κ3) is 51.6. The van der Waals surface area contributed by atoms with E-state index in [1.165, 1.54) is 51.4 Å². The Hall–Kier alpha value is -3.34. The average Bonchev–Trinajstić information content (AvgIpc) is 3.37. The Labute approximate surface area is 439 Å². The van der Waals surface area contributed by atoms with Crippen LogP contribution in [0.4, 0.5) is 0 Å². The van der Waals surface area contributed by atoms with E-state index in [1.807, 2.05) is 0 Å². The summed E-state index contributed by atoms with van der Waals surface area (Å²) in [6.45, 7) is 4.43. The molecule has 0 fully saturated rings. The van der Waals surface area contributed by atoms with Gasteiger partial charge in [-0.1, -0.05) is 196 Å². The van der Waals surface area contributed by atoms with Crippen molar-refractivity contribution in [1.29, 1.82) is 0 Å². The van der Waals surface area contributed by atoms with Crippen molar-refractivity contribution in [2.24, 2.45) is 0 Å². The minimum absolute atomic E-state index is 0.147. The van der Waals surface area contributed by atoms with Gasteiger partial charge in [0.15, 0.2) is 6.10 Å². The number of allylic oxidation sites excluding steroid dienone is 14. The van der Waals surface area contributed by atoms with Crippen LogP contribution in [0.2, 0.25) is 0 Å². The van der Waals surface area contributed by atoms with Crippen molar-refractivity contribution in [1.82, 2.24) is 0 Å². The van der Waals surface area contributed by atoms with Gasteiger partial charge in [0.1, 0.15) is 12.7 Å². The highest BCUT2D eigenvalue weighted by Crippen LogP contribution is 2.43. The maximum atomic E-state index is 12.9. The number of esters is 3. The smallest absolute Gasteiger partial charge is 0.462 e. The van der Waals surface area contributed by atoms with Crippen LogP contribution in [-0.4, -0.2) is 66.5 Å². The molecule has 3 unspecified atom stereocenters. The van der Waals surface area contributed by atoms with Crippen LogP contribution < -0.4 is 0 Å². The van der Waals surface area contributed by atoms with Crippen LogP contribution >= 0.6 is 7.82 Å². The lowest BCUT2D eigenvalue weighted by atomic mass is 10.1. The molecule has 12 heteroatoms. The standard InChI is InChI=1S/C60H103O11P/c1-4-7-10-13-16-19-22-24-26-27-28-29-31-32-35-37-40-43-46-49-58(62)67-53-57(71-60(64)51-48-45-42-39-36-33-30-25-23-20-17-14-11-8-5-2)55-69-72(65,66)68-54-56(52-61)70-59(63)50-47-44-41-38-34-21-18-15-12-9-6-3/h7,10,15-16,18-19,24-26,28-30,32,35,56-57,61H,4-6,8-9,11-14,17,20-23,27,31,33-34,36-55H2,1-3H3,(H,65,66)/b10-7-,18-15-,19-16-,26-24-,29-28-,30-25-,35-32-. The molecule has 0 radical (unpaired) electrons. The summed E-state index contributed by atoms with van der Waals surface area (Å²) in [5, 5.41) is 9.78. The van der Waals surface area contributed by atoms with Crippen molar-refractivity contribution in [3.05, 3.63) is 85.1 Å². The molecule has 0 aliphatic heterocycles. The molecular formula is C60H103O11P. The molecule has 0 aliphatic rings. The Bertz CT molecular complexity index is 1530. The summed E-state index contributed by atoms with van der Waals surface area (Å²) < 4.78 is 39.4. The van der Waals surface area contributed by atoms with Crippen LogP contribution in [0, 0.1) is 0 Å². The van der Waals surface area contributed by atoms with Crippen LogP contribution in [0.25, 0.3) is 0 Å². The van der Waals surface area contributed by atoms with E-state index in [-0.39, 0.29) is 25.9 Å². The Balaban J connectivity index is 4.80.